The summed E-state index contributed by atoms with van der Waals surface area (Å²) in [4.78, 5) is 43.9. The molecule has 0 spiro atoms. The van der Waals surface area contributed by atoms with E-state index < -0.39 is 11.9 Å². The van der Waals surface area contributed by atoms with E-state index in [-0.39, 0.29) is 12.1 Å². The molecule has 3 aromatic rings. The number of aryl methyl sites for hydroxylation is 4. The SMILES string of the molecule is Cc1ccc(NC(=O)NC(=O)Cn2cnc3sc4c(c3c2=O)CCCCC4)c(C)c1. The molecular formula is C22H24N4O3S. The lowest BCUT2D eigenvalue weighted by Gasteiger charge is -2.10. The van der Waals surface area contributed by atoms with E-state index >= 15 is 0 Å². The molecule has 0 fully saturated rings. The van der Waals surface area contributed by atoms with Crippen LogP contribution in [0.15, 0.2) is 29.3 Å². The number of carbonyl (C=O) groups excluding carboxylic acids is 2. The monoisotopic (exact) mass is 424 g/mol. The number of benzene rings is 1. The molecule has 4 rings (SSSR count). The normalized spacial score (nSPS) is 13.5. The van der Waals surface area contributed by atoms with Crippen molar-refractivity contribution in [1.82, 2.24) is 14.9 Å². The number of hydrogen-bond donors (Lipinski definition) is 2. The van der Waals surface area contributed by atoms with Gasteiger partial charge in [0.15, 0.2) is 0 Å². The van der Waals surface area contributed by atoms with Crippen LogP contribution in [0.3, 0.4) is 0 Å². The molecule has 30 heavy (non-hydrogen) atoms. The van der Waals surface area contributed by atoms with Crippen LogP contribution >= 0.6 is 11.3 Å². The second kappa shape index (κ2) is 8.39. The van der Waals surface area contributed by atoms with Gasteiger partial charge in [-0.15, -0.1) is 11.3 Å². The Bertz CT molecular complexity index is 1200. The Kier molecular flexibility index (Phi) is 5.67. The van der Waals surface area contributed by atoms with Gasteiger partial charge in [0.25, 0.3) is 5.56 Å². The molecule has 0 bridgehead atoms. The molecule has 2 aromatic heterocycles. The number of nitrogens with zero attached hydrogens (tertiary/aromatic N) is 2. The van der Waals surface area contributed by atoms with Crippen LogP contribution in [0.5, 0.6) is 0 Å². The average Bonchev–Trinajstić information content (AvgIpc) is 2.88. The van der Waals surface area contributed by atoms with Gasteiger partial charge in [-0.05, 0) is 56.7 Å². The van der Waals surface area contributed by atoms with Gasteiger partial charge < -0.3 is 5.32 Å². The molecule has 2 heterocycles. The van der Waals surface area contributed by atoms with Gasteiger partial charge in [-0.25, -0.2) is 9.78 Å². The lowest BCUT2D eigenvalue weighted by molar-refractivity contribution is -0.120. The zero-order valence-electron chi connectivity index (χ0n) is 17.1. The first-order valence-electron chi connectivity index (χ1n) is 10.1. The summed E-state index contributed by atoms with van der Waals surface area (Å²) in [6.07, 6.45) is 6.60. The van der Waals surface area contributed by atoms with Crippen LogP contribution < -0.4 is 16.2 Å². The lowest BCUT2D eigenvalue weighted by atomic mass is 10.1. The van der Waals surface area contributed by atoms with Gasteiger partial charge >= 0.3 is 6.03 Å². The number of nitrogens with one attached hydrogen (secondary N) is 2. The van der Waals surface area contributed by atoms with E-state index in [0.717, 1.165) is 53.6 Å². The van der Waals surface area contributed by atoms with Crippen molar-refractivity contribution in [2.24, 2.45) is 0 Å². The molecule has 1 aromatic carbocycles. The van der Waals surface area contributed by atoms with E-state index in [1.807, 2.05) is 26.0 Å². The minimum Gasteiger partial charge on any atom is -0.307 e. The van der Waals surface area contributed by atoms with Crippen molar-refractivity contribution in [3.05, 3.63) is 56.4 Å². The summed E-state index contributed by atoms with van der Waals surface area (Å²) in [5.41, 5.74) is 3.49. The van der Waals surface area contributed by atoms with Gasteiger partial charge in [0.1, 0.15) is 11.4 Å². The number of imide groups is 1. The molecule has 0 aliphatic heterocycles. The highest BCUT2D eigenvalue weighted by Gasteiger charge is 2.20. The van der Waals surface area contributed by atoms with Crippen LogP contribution in [-0.4, -0.2) is 21.5 Å². The number of carbonyl (C=O) groups is 2. The Balaban J connectivity index is 1.49. The average molecular weight is 425 g/mol. The standard InChI is InChI=1S/C22H24N4O3S/c1-13-8-9-16(14(2)10-13)24-22(29)25-18(27)11-26-12-23-20-19(21(26)28)15-6-4-3-5-7-17(15)30-20/h8-10,12H,3-7,11H2,1-2H3,(H2,24,25,27,29). The maximum Gasteiger partial charge on any atom is 0.325 e. The number of anilines is 1. The third-order valence-electron chi connectivity index (χ3n) is 5.39. The molecule has 2 N–H and O–H groups in total. The Morgan fingerprint density at radius 3 is 2.77 bits per heavy atom. The highest BCUT2D eigenvalue weighted by atomic mass is 32.1. The fourth-order valence-corrected chi connectivity index (χ4v) is 5.12. The zero-order chi connectivity index (χ0) is 21.3. The minimum absolute atomic E-state index is 0.218. The first-order chi connectivity index (χ1) is 14.4. The quantitative estimate of drug-likeness (QED) is 0.627. The smallest absolute Gasteiger partial charge is 0.307 e. The second-order valence-corrected chi connectivity index (χ2v) is 8.83. The fraction of sp³-hybridized carbons (Fsp3) is 0.364. The van der Waals surface area contributed by atoms with E-state index in [1.165, 1.54) is 15.8 Å². The summed E-state index contributed by atoms with van der Waals surface area (Å²) in [5, 5.41) is 5.59. The van der Waals surface area contributed by atoms with Crippen LogP contribution in [0.4, 0.5) is 10.5 Å². The molecule has 8 heteroatoms. The number of hydrogen-bond acceptors (Lipinski definition) is 5. The highest BCUT2D eigenvalue weighted by molar-refractivity contribution is 7.18. The first-order valence-corrected chi connectivity index (χ1v) is 10.9. The number of thiophene rings is 1. The molecule has 0 atom stereocenters. The van der Waals surface area contributed by atoms with Crippen LogP contribution in [0, 0.1) is 13.8 Å². The lowest BCUT2D eigenvalue weighted by Crippen LogP contribution is -2.38. The molecule has 3 amide bonds. The van der Waals surface area contributed by atoms with Gasteiger partial charge in [0, 0.05) is 10.6 Å². The van der Waals surface area contributed by atoms with Crippen molar-refractivity contribution >= 4 is 39.2 Å². The van der Waals surface area contributed by atoms with E-state index in [9.17, 15) is 14.4 Å². The van der Waals surface area contributed by atoms with Gasteiger partial charge in [-0.1, -0.05) is 24.1 Å². The summed E-state index contributed by atoms with van der Waals surface area (Å²) in [6.45, 7) is 3.59. The van der Waals surface area contributed by atoms with Crippen molar-refractivity contribution in [3.8, 4) is 0 Å². The maximum absolute atomic E-state index is 13.0. The first kappa shape index (κ1) is 20.3. The topological polar surface area (TPSA) is 93.1 Å². The summed E-state index contributed by atoms with van der Waals surface area (Å²) < 4.78 is 1.28. The zero-order valence-corrected chi connectivity index (χ0v) is 17.9. The number of amides is 3. The molecule has 1 aliphatic carbocycles. The molecule has 156 valence electrons. The van der Waals surface area contributed by atoms with E-state index in [4.69, 9.17) is 0 Å². The number of fused-ring (bicyclic) bond motifs is 3. The van der Waals surface area contributed by atoms with Crippen LogP contribution in [0.2, 0.25) is 0 Å². The van der Waals surface area contributed by atoms with Crippen LogP contribution in [-0.2, 0) is 24.2 Å². The van der Waals surface area contributed by atoms with Gasteiger partial charge in [0.2, 0.25) is 5.91 Å². The van der Waals surface area contributed by atoms with Crippen LogP contribution in [0.25, 0.3) is 10.2 Å². The van der Waals surface area contributed by atoms with E-state index in [2.05, 4.69) is 15.6 Å². The summed E-state index contributed by atoms with van der Waals surface area (Å²) >= 11 is 1.58. The summed E-state index contributed by atoms with van der Waals surface area (Å²) in [6, 6.07) is 4.99. The van der Waals surface area contributed by atoms with Gasteiger partial charge in [-0.3, -0.25) is 19.5 Å². The largest absolute Gasteiger partial charge is 0.325 e. The van der Waals surface area contributed by atoms with Crippen molar-refractivity contribution in [2.75, 3.05) is 5.32 Å². The molecule has 0 unspecified atom stereocenters. The summed E-state index contributed by atoms with van der Waals surface area (Å²) in [7, 11) is 0. The van der Waals surface area contributed by atoms with Crippen molar-refractivity contribution < 1.29 is 9.59 Å². The number of urea groups is 1. The third kappa shape index (κ3) is 4.14. The van der Waals surface area contributed by atoms with Crippen molar-refractivity contribution in [2.45, 2.75) is 52.5 Å². The molecule has 0 saturated heterocycles. The predicted molar refractivity (Wildman–Crippen MR) is 118 cm³/mol. The highest BCUT2D eigenvalue weighted by Crippen LogP contribution is 2.32. The molecule has 0 radical (unpaired) electrons. The Hall–Kier alpha value is -3.00. The number of aromatic nitrogens is 2. The van der Waals surface area contributed by atoms with Crippen molar-refractivity contribution in [1.29, 1.82) is 0 Å². The Morgan fingerprint density at radius 2 is 1.97 bits per heavy atom. The van der Waals surface area contributed by atoms with Gasteiger partial charge in [0.05, 0.1) is 11.7 Å². The summed E-state index contributed by atoms with van der Waals surface area (Å²) in [5.74, 6) is -0.568. The molecular weight excluding hydrogens is 400 g/mol. The minimum atomic E-state index is -0.626. The second-order valence-electron chi connectivity index (χ2n) is 7.74. The van der Waals surface area contributed by atoms with Crippen molar-refractivity contribution in [3.63, 3.8) is 0 Å². The molecule has 1 aliphatic rings. The molecule has 0 saturated carbocycles. The predicted octanol–water partition coefficient (Wildman–Crippen LogP) is 3.69. The Labute approximate surface area is 178 Å². The third-order valence-corrected chi connectivity index (χ3v) is 6.59. The fourth-order valence-electron chi connectivity index (χ4n) is 3.90. The number of rotatable bonds is 3. The molecule has 7 nitrogen and oxygen atoms in total. The van der Waals surface area contributed by atoms with E-state index in [0.29, 0.717) is 11.1 Å². The Morgan fingerprint density at radius 1 is 1.17 bits per heavy atom. The van der Waals surface area contributed by atoms with Crippen LogP contribution in [0.1, 0.15) is 40.8 Å². The maximum atomic E-state index is 13.0. The van der Waals surface area contributed by atoms with Gasteiger partial charge in [-0.2, -0.15) is 0 Å². The van der Waals surface area contributed by atoms with E-state index in [1.54, 1.807) is 17.4 Å².